The van der Waals surface area contributed by atoms with Crippen molar-refractivity contribution in [1.82, 2.24) is 15.0 Å². The van der Waals surface area contributed by atoms with Crippen LogP contribution >= 0.6 is 0 Å². The van der Waals surface area contributed by atoms with Crippen LogP contribution in [0, 0.1) is 6.92 Å². The number of aromatic nitrogens is 3. The molecule has 0 aliphatic heterocycles. The van der Waals surface area contributed by atoms with Crippen LogP contribution in [0.2, 0.25) is 0 Å². The third kappa shape index (κ3) is 2.18. The van der Waals surface area contributed by atoms with Crippen molar-refractivity contribution >= 4 is 22.8 Å². The van der Waals surface area contributed by atoms with E-state index in [1.54, 1.807) is 12.4 Å². The zero-order valence-corrected chi connectivity index (χ0v) is 10.3. The van der Waals surface area contributed by atoms with Crippen LogP contribution in [0.1, 0.15) is 15.9 Å². The molecular weight excluding hydrogens is 240 g/mol. The Bertz CT molecular complexity index is 748. The fraction of sp³-hybridized carbons (Fsp3) is 0.0714. The van der Waals surface area contributed by atoms with E-state index in [0.29, 0.717) is 11.2 Å². The molecule has 3 aromatic rings. The van der Waals surface area contributed by atoms with Crippen LogP contribution < -0.4 is 5.32 Å². The quantitative estimate of drug-likeness (QED) is 0.736. The Hall–Kier alpha value is -2.69. The standard InChI is InChI=1S/C14H12N4O/c1-9-4-2-3-5-11(9)18-14(19)10-6-12-13(15-7-10)17-8-16-12/h2-8H,1H3,(H,18,19)(H,15,16,17). The minimum atomic E-state index is -0.182. The van der Waals surface area contributed by atoms with Crippen molar-refractivity contribution in [3.63, 3.8) is 0 Å². The van der Waals surface area contributed by atoms with Gasteiger partial charge in [-0.3, -0.25) is 4.79 Å². The zero-order chi connectivity index (χ0) is 13.2. The second kappa shape index (κ2) is 4.53. The molecule has 2 N–H and O–H groups in total. The number of nitrogens with zero attached hydrogens (tertiary/aromatic N) is 2. The normalized spacial score (nSPS) is 10.6. The van der Waals surface area contributed by atoms with Gasteiger partial charge in [0, 0.05) is 11.9 Å². The minimum absolute atomic E-state index is 0.182. The van der Waals surface area contributed by atoms with Gasteiger partial charge in [0.05, 0.1) is 17.4 Å². The Kier molecular flexibility index (Phi) is 2.72. The van der Waals surface area contributed by atoms with E-state index in [1.807, 2.05) is 31.2 Å². The van der Waals surface area contributed by atoms with Crippen LogP contribution in [0.4, 0.5) is 5.69 Å². The van der Waals surface area contributed by atoms with Gasteiger partial charge in [-0.15, -0.1) is 0 Å². The Morgan fingerprint density at radius 3 is 2.95 bits per heavy atom. The molecule has 0 fully saturated rings. The molecule has 0 saturated heterocycles. The first-order valence-corrected chi connectivity index (χ1v) is 5.90. The van der Waals surface area contributed by atoms with Crippen LogP contribution in [0.5, 0.6) is 0 Å². The molecule has 19 heavy (non-hydrogen) atoms. The number of fused-ring (bicyclic) bond motifs is 1. The molecule has 94 valence electrons. The van der Waals surface area contributed by atoms with Gasteiger partial charge in [-0.1, -0.05) is 18.2 Å². The molecule has 3 rings (SSSR count). The number of carbonyl (C=O) groups excluding carboxylic acids is 1. The lowest BCUT2D eigenvalue weighted by Crippen LogP contribution is -2.13. The molecule has 5 heteroatoms. The Balaban J connectivity index is 1.89. The summed E-state index contributed by atoms with van der Waals surface area (Å²) in [5.41, 5.74) is 3.67. The van der Waals surface area contributed by atoms with Crippen molar-refractivity contribution in [2.24, 2.45) is 0 Å². The average molecular weight is 252 g/mol. The maximum atomic E-state index is 12.1. The molecule has 0 aliphatic rings. The number of amides is 1. The Morgan fingerprint density at radius 2 is 2.11 bits per heavy atom. The molecular formula is C14H12N4O. The van der Waals surface area contributed by atoms with Gasteiger partial charge in [0.1, 0.15) is 0 Å². The molecule has 2 aromatic heterocycles. The average Bonchev–Trinajstić information content (AvgIpc) is 2.88. The van der Waals surface area contributed by atoms with Crippen molar-refractivity contribution < 1.29 is 4.79 Å². The summed E-state index contributed by atoms with van der Waals surface area (Å²) in [6.45, 7) is 1.95. The van der Waals surface area contributed by atoms with Gasteiger partial charge >= 0.3 is 0 Å². The first kappa shape index (κ1) is 11.4. The van der Waals surface area contributed by atoms with Gasteiger partial charge in [-0.05, 0) is 24.6 Å². The number of carbonyl (C=O) groups is 1. The van der Waals surface area contributed by atoms with Crippen LogP contribution in [-0.4, -0.2) is 20.9 Å². The number of imidazole rings is 1. The number of para-hydroxylation sites is 1. The van der Waals surface area contributed by atoms with E-state index >= 15 is 0 Å². The highest BCUT2D eigenvalue weighted by atomic mass is 16.1. The fourth-order valence-electron chi connectivity index (χ4n) is 1.86. The third-order valence-corrected chi connectivity index (χ3v) is 2.93. The highest BCUT2D eigenvalue weighted by Gasteiger charge is 2.09. The SMILES string of the molecule is Cc1ccccc1NC(=O)c1cnc2nc[nH]c2c1. The third-order valence-electron chi connectivity index (χ3n) is 2.93. The fourth-order valence-corrected chi connectivity index (χ4v) is 1.86. The molecule has 1 amide bonds. The lowest BCUT2D eigenvalue weighted by Gasteiger charge is -2.07. The van der Waals surface area contributed by atoms with E-state index in [0.717, 1.165) is 16.8 Å². The molecule has 1 aromatic carbocycles. The monoisotopic (exact) mass is 252 g/mol. The van der Waals surface area contributed by atoms with Crippen molar-refractivity contribution in [1.29, 1.82) is 0 Å². The lowest BCUT2D eigenvalue weighted by molar-refractivity contribution is 0.102. The van der Waals surface area contributed by atoms with E-state index in [1.165, 1.54) is 6.20 Å². The summed E-state index contributed by atoms with van der Waals surface area (Å²) in [5.74, 6) is -0.182. The van der Waals surface area contributed by atoms with Crippen LogP contribution in [0.15, 0.2) is 42.9 Å². The molecule has 0 atom stereocenters. The lowest BCUT2D eigenvalue weighted by atomic mass is 10.2. The van der Waals surface area contributed by atoms with Gasteiger partial charge in [0.15, 0.2) is 5.65 Å². The predicted molar refractivity (Wildman–Crippen MR) is 73.0 cm³/mol. The number of H-pyrrole nitrogens is 1. The number of aryl methyl sites for hydroxylation is 1. The number of anilines is 1. The summed E-state index contributed by atoms with van der Waals surface area (Å²) in [6, 6.07) is 9.38. The first-order chi connectivity index (χ1) is 9.24. The molecule has 0 unspecified atom stereocenters. The van der Waals surface area contributed by atoms with E-state index in [9.17, 15) is 4.79 Å². The predicted octanol–water partition coefficient (Wildman–Crippen LogP) is 2.52. The Labute approximate surface area is 109 Å². The number of benzene rings is 1. The molecule has 0 saturated carbocycles. The summed E-state index contributed by atoms with van der Waals surface area (Å²) in [7, 11) is 0. The van der Waals surface area contributed by atoms with Crippen molar-refractivity contribution in [3.05, 3.63) is 54.0 Å². The van der Waals surface area contributed by atoms with Crippen LogP contribution in [0.3, 0.4) is 0 Å². The summed E-state index contributed by atoms with van der Waals surface area (Å²) in [4.78, 5) is 23.2. The largest absolute Gasteiger partial charge is 0.343 e. The molecule has 0 radical (unpaired) electrons. The molecule has 5 nitrogen and oxygen atoms in total. The van der Waals surface area contributed by atoms with Gasteiger partial charge < -0.3 is 10.3 Å². The molecule has 0 bridgehead atoms. The highest BCUT2D eigenvalue weighted by Crippen LogP contribution is 2.15. The maximum Gasteiger partial charge on any atom is 0.257 e. The summed E-state index contributed by atoms with van der Waals surface area (Å²) >= 11 is 0. The zero-order valence-electron chi connectivity index (χ0n) is 10.3. The van der Waals surface area contributed by atoms with Crippen LogP contribution in [-0.2, 0) is 0 Å². The van der Waals surface area contributed by atoms with Gasteiger partial charge in [0.2, 0.25) is 0 Å². The highest BCUT2D eigenvalue weighted by molar-refractivity contribution is 6.05. The number of pyridine rings is 1. The van der Waals surface area contributed by atoms with E-state index in [-0.39, 0.29) is 5.91 Å². The maximum absolute atomic E-state index is 12.1. The second-order valence-corrected chi connectivity index (χ2v) is 4.27. The van der Waals surface area contributed by atoms with E-state index < -0.39 is 0 Å². The Morgan fingerprint density at radius 1 is 1.26 bits per heavy atom. The van der Waals surface area contributed by atoms with Crippen molar-refractivity contribution in [2.45, 2.75) is 6.92 Å². The van der Waals surface area contributed by atoms with E-state index in [4.69, 9.17) is 0 Å². The van der Waals surface area contributed by atoms with Gasteiger partial charge in [-0.2, -0.15) is 0 Å². The summed E-state index contributed by atoms with van der Waals surface area (Å²) < 4.78 is 0. The van der Waals surface area contributed by atoms with Crippen LogP contribution in [0.25, 0.3) is 11.2 Å². The van der Waals surface area contributed by atoms with Crippen molar-refractivity contribution in [3.8, 4) is 0 Å². The van der Waals surface area contributed by atoms with Crippen molar-refractivity contribution in [2.75, 3.05) is 5.32 Å². The number of hydrogen-bond donors (Lipinski definition) is 2. The number of nitrogens with one attached hydrogen (secondary N) is 2. The van der Waals surface area contributed by atoms with E-state index in [2.05, 4.69) is 20.3 Å². The first-order valence-electron chi connectivity index (χ1n) is 5.90. The smallest absolute Gasteiger partial charge is 0.257 e. The summed E-state index contributed by atoms with van der Waals surface area (Å²) in [5, 5.41) is 2.87. The van der Waals surface area contributed by atoms with Gasteiger partial charge in [-0.25, -0.2) is 9.97 Å². The number of rotatable bonds is 2. The molecule has 0 spiro atoms. The number of hydrogen-bond acceptors (Lipinski definition) is 3. The second-order valence-electron chi connectivity index (χ2n) is 4.27. The van der Waals surface area contributed by atoms with Gasteiger partial charge in [0.25, 0.3) is 5.91 Å². The molecule has 0 aliphatic carbocycles. The number of aromatic amines is 1. The topological polar surface area (TPSA) is 70.7 Å². The molecule has 2 heterocycles. The summed E-state index contributed by atoms with van der Waals surface area (Å²) in [6.07, 6.45) is 3.08. The minimum Gasteiger partial charge on any atom is -0.343 e.